The number of rotatable bonds is 5. The minimum Gasteiger partial charge on any atom is -0.508 e. The number of hydrogen-bond acceptors (Lipinski definition) is 5. The number of carbonyl (C=O) groups excluding carboxylic acids is 1. The van der Waals surface area contributed by atoms with Crippen LogP contribution in [0.4, 0.5) is 18.9 Å². The second-order valence-electron chi connectivity index (χ2n) is 7.10. The highest BCUT2D eigenvalue weighted by molar-refractivity contribution is 5.92. The summed E-state index contributed by atoms with van der Waals surface area (Å²) in [6, 6.07) is 14.8. The highest BCUT2D eigenvalue weighted by Crippen LogP contribution is 2.30. The molecule has 4 aromatic rings. The van der Waals surface area contributed by atoms with Crippen molar-refractivity contribution in [3.05, 3.63) is 88.8 Å². The Labute approximate surface area is 184 Å². The molecule has 2 N–H and O–H groups in total. The van der Waals surface area contributed by atoms with Crippen molar-refractivity contribution in [1.82, 2.24) is 0 Å². The number of ether oxygens (including phenoxy) is 1. The zero-order valence-corrected chi connectivity index (χ0v) is 16.8. The first-order chi connectivity index (χ1) is 15.7. The molecule has 168 valence electrons. The van der Waals surface area contributed by atoms with Gasteiger partial charge in [0.2, 0.25) is 0 Å². The Bertz CT molecular complexity index is 1380. The molecule has 0 aliphatic heterocycles. The Morgan fingerprint density at radius 3 is 2.52 bits per heavy atom. The molecular weight excluding hydrogens is 439 g/mol. The Morgan fingerprint density at radius 1 is 1.03 bits per heavy atom. The first-order valence-corrected chi connectivity index (χ1v) is 9.65. The zero-order chi connectivity index (χ0) is 23.6. The molecular formula is C24H16F3NO5. The standard InChI is InChI=1S/C24H16F3NO5/c25-24(26,27)15-2-1-3-16(10-15)28-22(30)13-32-18-8-9-19-21(11-18)33-12-20(23(19)31)14-4-6-17(29)7-5-14/h1-12,29H,13H2,(H,28,30). The van der Waals surface area contributed by atoms with Crippen molar-refractivity contribution in [2.45, 2.75) is 6.18 Å². The summed E-state index contributed by atoms with van der Waals surface area (Å²) >= 11 is 0. The van der Waals surface area contributed by atoms with E-state index in [1.807, 2.05) is 0 Å². The lowest BCUT2D eigenvalue weighted by Gasteiger charge is -2.11. The van der Waals surface area contributed by atoms with Gasteiger partial charge in [-0.05, 0) is 48.0 Å². The van der Waals surface area contributed by atoms with Gasteiger partial charge in [-0.2, -0.15) is 13.2 Å². The third-order valence-electron chi connectivity index (χ3n) is 4.77. The fraction of sp³-hybridized carbons (Fsp3) is 0.0833. The Hall–Kier alpha value is -4.27. The van der Waals surface area contributed by atoms with E-state index in [1.165, 1.54) is 48.7 Å². The third kappa shape index (κ3) is 4.98. The number of fused-ring (bicyclic) bond motifs is 1. The molecule has 3 aromatic carbocycles. The van der Waals surface area contributed by atoms with Crippen LogP contribution in [-0.4, -0.2) is 17.6 Å². The zero-order valence-electron chi connectivity index (χ0n) is 16.8. The van der Waals surface area contributed by atoms with Crippen LogP contribution in [-0.2, 0) is 11.0 Å². The maximum absolute atomic E-state index is 12.8. The van der Waals surface area contributed by atoms with E-state index in [0.29, 0.717) is 16.5 Å². The Morgan fingerprint density at radius 2 is 1.79 bits per heavy atom. The monoisotopic (exact) mass is 455 g/mol. The van der Waals surface area contributed by atoms with Crippen LogP contribution in [0.25, 0.3) is 22.1 Å². The van der Waals surface area contributed by atoms with Crippen molar-refractivity contribution in [2.75, 3.05) is 11.9 Å². The topological polar surface area (TPSA) is 88.8 Å². The summed E-state index contributed by atoms with van der Waals surface area (Å²) in [4.78, 5) is 24.9. The van der Waals surface area contributed by atoms with Gasteiger partial charge in [0.05, 0.1) is 16.5 Å². The van der Waals surface area contributed by atoms with Gasteiger partial charge >= 0.3 is 6.18 Å². The number of benzene rings is 3. The summed E-state index contributed by atoms with van der Waals surface area (Å²) in [5.74, 6) is -0.344. The van der Waals surface area contributed by atoms with E-state index < -0.39 is 24.3 Å². The minimum atomic E-state index is -4.52. The molecule has 0 bridgehead atoms. The van der Waals surface area contributed by atoms with Crippen LogP contribution in [0.5, 0.6) is 11.5 Å². The van der Waals surface area contributed by atoms with Crippen LogP contribution in [0, 0.1) is 0 Å². The first kappa shape index (κ1) is 21.9. The predicted octanol–water partition coefficient (Wildman–Crippen LogP) is 5.20. The van der Waals surface area contributed by atoms with Gasteiger partial charge in [-0.1, -0.05) is 18.2 Å². The van der Waals surface area contributed by atoms with Gasteiger partial charge in [-0.15, -0.1) is 0 Å². The molecule has 33 heavy (non-hydrogen) atoms. The van der Waals surface area contributed by atoms with E-state index in [1.54, 1.807) is 12.1 Å². The average molecular weight is 455 g/mol. The van der Waals surface area contributed by atoms with Crippen LogP contribution in [0.15, 0.2) is 82.2 Å². The van der Waals surface area contributed by atoms with E-state index in [9.17, 15) is 27.9 Å². The van der Waals surface area contributed by atoms with Gasteiger partial charge in [-0.25, -0.2) is 0 Å². The molecule has 0 aliphatic rings. The second-order valence-corrected chi connectivity index (χ2v) is 7.10. The molecule has 0 atom stereocenters. The number of nitrogens with one attached hydrogen (secondary N) is 1. The fourth-order valence-electron chi connectivity index (χ4n) is 3.16. The highest BCUT2D eigenvalue weighted by Gasteiger charge is 2.30. The van der Waals surface area contributed by atoms with Crippen molar-refractivity contribution >= 4 is 22.6 Å². The molecule has 1 aromatic heterocycles. The highest BCUT2D eigenvalue weighted by atomic mass is 19.4. The van der Waals surface area contributed by atoms with Gasteiger partial charge in [0.1, 0.15) is 23.3 Å². The lowest BCUT2D eigenvalue weighted by molar-refractivity contribution is -0.137. The van der Waals surface area contributed by atoms with Crippen molar-refractivity contribution in [1.29, 1.82) is 0 Å². The molecule has 0 saturated carbocycles. The summed E-state index contributed by atoms with van der Waals surface area (Å²) in [6.07, 6.45) is -3.23. The van der Waals surface area contributed by atoms with Crippen molar-refractivity contribution in [3.8, 4) is 22.6 Å². The molecule has 9 heteroatoms. The Balaban J connectivity index is 1.46. The van der Waals surface area contributed by atoms with Gasteiger partial charge in [-0.3, -0.25) is 9.59 Å². The Kier molecular flexibility index (Phi) is 5.78. The molecule has 4 rings (SSSR count). The molecule has 0 saturated heterocycles. The molecule has 0 radical (unpaired) electrons. The van der Waals surface area contributed by atoms with Crippen LogP contribution in [0.3, 0.4) is 0 Å². The smallest absolute Gasteiger partial charge is 0.416 e. The first-order valence-electron chi connectivity index (χ1n) is 9.65. The van der Waals surface area contributed by atoms with Gasteiger partial charge in [0, 0.05) is 11.8 Å². The molecule has 6 nitrogen and oxygen atoms in total. The largest absolute Gasteiger partial charge is 0.508 e. The summed E-state index contributed by atoms with van der Waals surface area (Å²) in [6.45, 7) is -0.461. The van der Waals surface area contributed by atoms with Gasteiger partial charge < -0.3 is 19.6 Å². The van der Waals surface area contributed by atoms with Gasteiger partial charge in [0.15, 0.2) is 12.0 Å². The second kappa shape index (κ2) is 8.70. The third-order valence-corrected chi connectivity index (χ3v) is 4.77. The maximum atomic E-state index is 12.8. The van der Waals surface area contributed by atoms with Gasteiger partial charge in [0.25, 0.3) is 5.91 Å². The SMILES string of the molecule is O=C(COc1ccc2c(=O)c(-c3ccc(O)cc3)coc2c1)Nc1cccc(C(F)(F)F)c1. The summed E-state index contributed by atoms with van der Waals surface area (Å²) in [5.41, 5.74) is -0.0390. The van der Waals surface area contributed by atoms with Crippen LogP contribution >= 0.6 is 0 Å². The lowest BCUT2D eigenvalue weighted by Crippen LogP contribution is -2.20. The van der Waals surface area contributed by atoms with E-state index >= 15 is 0 Å². The number of anilines is 1. The van der Waals surface area contributed by atoms with E-state index in [4.69, 9.17) is 9.15 Å². The number of halogens is 3. The molecule has 0 spiro atoms. The summed E-state index contributed by atoms with van der Waals surface area (Å²) < 4.78 is 49.3. The number of phenols is 1. The number of carbonyl (C=O) groups is 1. The van der Waals surface area contributed by atoms with Crippen LogP contribution < -0.4 is 15.5 Å². The fourth-order valence-corrected chi connectivity index (χ4v) is 3.16. The van der Waals surface area contributed by atoms with Crippen molar-refractivity contribution in [2.24, 2.45) is 0 Å². The number of hydrogen-bond donors (Lipinski definition) is 2. The summed E-state index contributed by atoms with van der Waals surface area (Å²) in [5, 5.41) is 12.0. The average Bonchev–Trinajstić information content (AvgIpc) is 2.78. The van der Waals surface area contributed by atoms with E-state index in [2.05, 4.69) is 5.32 Å². The maximum Gasteiger partial charge on any atom is 0.416 e. The minimum absolute atomic E-state index is 0.00954. The lowest BCUT2D eigenvalue weighted by atomic mass is 10.1. The predicted molar refractivity (Wildman–Crippen MR) is 115 cm³/mol. The quantitative estimate of drug-likeness (QED) is 0.432. The van der Waals surface area contributed by atoms with Crippen molar-refractivity contribution in [3.63, 3.8) is 0 Å². The van der Waals surface area contributed by atoms with Crippen LogP contribution in [0.1, 0.15) is 5.56 Å². The van der Waals surface area contributed by atoms with E-state index in [0.717, 1.165) is 12.1 Å². The molecule has 1 amide bonds. The normalized spacial score (nSPS) is 11.4. The number of aromatic hydroxyl groups is 1. The molecule has 1 heterocycles. The molecule has 0 aliphatic carbocycles. The molecule has 0 unspecified atom stereocenters. The molecule has 0 fully saturated rings. The van der Waals surface area contributed by atoms with Crippen LogP contribution in [0.2, 0.25) is 0 Å². The van der Waals surface area contributed by atoms with E-state index in [-0.39, 0.29) is 28.2 Å². The van der Waals surface area contributed by atoms with Crippen molar-refractivity contribution < 1.29 is 32.2 Å². The summed E-state index contributed by atoms with van der Waals surface area (Å²) in [7, 11) is 0. The number of phenolic OH excluding ortho intramolecular Hbond substituents is 1. The number of amides is 1. The number of alkyl halides is 3.